The second-order valence-corrected chi connectivity index (χ2v) is 5.69. The second kappa shape index (κ2) is 6.23. The molecule has 2 aromatic rings. The number of rotatable bonds is 4. The van der Waals surface area contributed by atoms with E-state index >= 15 is 0 Å². The summed E-state index contributed by atoms with van der Waals surface area (Å²) in [7, 11) is 0. The van der Waals surface area contributed by atoms with E-state index < -0.39 is 0 Å². The maximum atomic E-state index is 12.6. The van der Waals surface area contributed by atoms with Gasteiger partial charge in [-0.05, 0) is 39.3 Å². The van der Waals surface area contributed by atoms with Crippen LogP contribution in [0.5, 0.6) is 0 Å². The van der Waals surface area contributed by atoms with Gasteiger partial charge < -0.3 is 5.32 Å². The van der Waals surface area contributed by atoms with Crippen molar-refractivity contribution in [1.29, 1.82) is 0 Å². The lowest BCUT2D eigenvalue weighted by Gasteiger charge is -2.27. The molecule has 7 nitrogen and oxygen atoms in total. The lowest BCUT2D eigenvalue weighted by Crippen LogP contribution is -2.43. The van der Waals surface area contributed by atoms with Crippen LogP contribution < -0.4 is 5.32 Å². The largest absolute Gasteiger partial charge is 0.320 e. The number of anilines is 1. The number of nitrogens with one attached hydrogen (secondary N) is 1. The van der Waals surface area contributed by atoms with Crippen LogP contribution in [0.2, 0.25) is 0 Å². The summed E-state index contributed by atoms with van der Waals surface area (Å²) in [6, 6.07) is 2.08. The molecule has 116 valence electrons. The molecule has 7 heteroatoms. The molecule has 1 aliphatic heterocycles. The van der Waals surface area contributed by atoms with E-state index in [0.29, 0.717) is 17.5 Å². The Bertz CT molecular complexity index is 639. The van der Waals surface area contributed by atoms with E-state index in [4.69, 9.17) is 0 Å². The van der Waals surface area contributed by atoms with Gasteiger partial charge in [0.25, 0.3) is 0 Å². The minimum Gasteiger partial charge on any atom is -0.320 e. The molecule has 0 spiro atoms. The van der Waals surface area contributed by atoms with Gasteiger partial charge in [-0.2, -0.15) is 5.10 Å². The molecule has 3 heterocycles. The Labute approximate surface area is 129 Å². The maximum absolute atomic E-state index is 12.6. The summed E-state index contributed by atoms with van der Waals surface area (Å²) in [6.45, 7) is 5.20. The number of carbonyl (C=O) groups excluding carboxylic acids is 1. The van der Waals surface area contributed by atoms with E-state index in [1.165, 1.54) is 6.33 Å². The molecule has 0 bridgehead atoms. The van der Waals surface area contributed by atoms with Gasteiger partial charge in [-0.3, -0.25) is 9.69 Å². The third kappa shape index (κ3) is 2.85. The Hall–Kier alpha value is -2.28. The van der Waals surface area contributed by atoms with Gasteiger partial charge in [-0.25, -0.2) is 14.6 Å². The minimum atomic E-state index is -0.0920. The average molecular weight is 300 g/mol. The number of likely N-dealkylation sites (tertiary alicyclic amines) is 1. The van der Waals surface area contributed by atoms with Crippen molar-refractivity contribution in [3.8, 4) is 5.82 Å². The summed E-state index contributed by atoms with van der Waals surface area (Å²) in [4.78, 5) is 23.1. The molecule has 0 radical (unpaired) electrons. The number of hydrogen-bond acceptors (Lipinski definition) is 5. The molecule has 2 aromatic heterocycles. The topological polar surface area (TPSA) is 75.9 Å². The molecule has 3 rings (SSSR count). The van der Waals surface area contributed by atoms with E-state index in [1.807, 2.05) is 6.07 Å². The molecule has 22 heavy (non-hydrogen) atoms. The third-order valence-corrected chi connectivity index (χ3v) is 3.93. The highest BCUT2D eigenvalue weighted by Crippen LogP contribution is 2.22. The first-order chi connectivity index (χ1) is 10.7. The fraction of sp³-hybridized carbons (Fsp3) is 0.467. The molecule has 1 atom stereocenters. The van der Waals surface area contributed by atoms with E-state index in [9.17, 15) is 4.79 Å². The number of hydrogen-bond donors (Lipinski definition) is 1. The first-order valence-corrected chi connectivity index (χ1v) is 7.53. The number of aromatic nitrogens is 4. The van der Waals surface area contributed by atoms with Crippen LogP contribution in [0.4, 0.5) is 5.69 Å². The van der Waals surface area contributed by atoms with Crippen LogP contribution in [-0.4, -0.2) is 49.2 Å². The highest BCUT2D eigenvalue weighted by atomic mass is 16.2. The highest BCUT2D eigenvalue weighted by molar-refractivity contribution is 5.96. The van der Waals surface area contributed by atoms with E-state index in [2.05, 4.69) is 39.1 Å². The van der Waals surface area contributed by atoms with Crippen LogP contribution in [0.3, 0.4) is 0 Å². The summed E-state index contributed by atoms with van der Waals surface area (Å²) < 4.78 is 1.62. The molecule has 1 N–H and O–H groups in total. The molecule has 1 fully saturated rings. The van der Waals surface area contributed by atoms with Crippen molar-refractivity contribution in [2.24, 2.45) is 0 Å². The first-order valence-electron chi connectivity index (χ1n) is 7.53. The molecular formula is C15H20N6O. The highest BCUT2D eigenvalue weighted by Gasteiger charge is 2.32. The molecule has 0 saturated carbocycles. The zero-order valence-corrected chi connectivity index (χ0v) is 12.8. The van der Waals surface area contributed by atoms with Gasteiger partial charge >= 0.3 is 0 Å². The molecule has 0 aromatic carbocycles. The molecule has 1 unspecified atom stereocenters. The summed E-state index contributed by atoms with van der Waals surface area (Å²) in [5.41, 5.74) is 0.576. The predicted octanol–water partition coefficient (Wildman–Crippen LogP) is 1.47. The van der Waals surface area contributed by atoms with Crippen LogP contribution in [0.1, 0.15) is 26.7 Å². The molecular weight excluding hydrogens is 280 g/mol. The van der Waals surface area contributed by atoms with Gasteiger partial charge in [0.2, 0.25) is 5.91 Å². The zero-order chi connectivity index (χ0) is 15.5. The van der Waals surface area contributed by atoms with Crippen molar-refractivity contribution in [2.75, 3.05) is 11.9 Å². The van der Waals surface area contributed by atoms with Gasteiger partial charge in [0.1, 0.15) is 12.0 Å². The minimum absolute atomic E-state index is 0.00518. The Morgan fingerprint density at radius 1 is 1.45 bits per heavy atom. The van der Waals surface area contributed by atoms with Crippen molar-refractivity contribution in [1.82, 2.24) is 24.6 Å². The summed E-state index contributed by atoms with van der Waals surface area (Å²) in [6.07, 6.45) is 8.45. The Morgan fingerprint density at radius 3 is 3.05 bits per heavy atom. The smallest absolute Gasteiger partial charge is 0.241 e. The first kappa shape index (κ1) is 14.6. The molecule has 1 saturated heterocycles. The number of nitrogens with zero attached hydrogens (tertiary/aromatic N) is 5. The van der Waals surface area contributed by atoms with Crippen LogP contribution in [0.15, 0.2) is 31.0 Å². The second-order valence-electron chi connectivity index (χ2n) is 5.69. The van der Waals surface area contributed by atoms with Gasteiger partial charge in [-0.15, -0.1) is 0 Å². The van der Waals surface area contributed by atoms with Crippen LogP contribution in [-0.2, 0) is 4.79 Å². The van der Waals surface area contributed by atoms with Crippen LogP contribution >= 0.6 is 0 Å². The molecule has 1 amide bonds. The average Bonchev–Trinajstić information content (AvgIpc) is 3.19. The third-order valence-electron chi connectivity index (χ3n) is 3.93. The monoisotopic (exact) mass is 300 g/mol. The lowest BCUT2D eigenvalue weighted by molar-refractivity contribution is -0.120. The molecule has 1 aliphatic rings. The van der Waals surface area contributed by atoms with Gasteiger partial charge in [0.05, 0.1) is 12.2 Å². The summed E-state index contributed by atoms with van der Waals surface area (Å²) >= 11 is 0. The standard InChI is InChI=1S/C15H20N6O/c1-11(2)20-7-3-5-13(20)15(22)19-12-9-16-10-17-14(12)21-8-4-6-18-21/h4,6,8-11,13H,3,5,7H2,1-2H3,(H,19,22). The quantitative estimate of drug-likeness (QED) is 0.925. The Balaban J connectivity index is 1.80. The fourth-order valence-corrected chi connectivity index (χ4v) is 2.89. The zero-order valence-electron chi connectivity index (χ0n) is 12.8. The van der Waals surface area contributed by atoms with Crippen molar-refractivity contribution in [3.05, 3.63) is 31.0 Å². The van der Waals surface area contributed by atoms with Crippen LogP contribution in [0.25, 0.3) is 5.82 Å². The van der Waals surface area contributed by atoms with Gasteiger partial charge in [0, 0.05) is 18.4 Å². The van der Waals surface area contributed by atoms with Gasteiger partial charge in [0.15, 0.2) is 5.82 Å². The fourth-order valence-electron chi connectivity index (χ4n) is 2.89. The van der Waals surface area contributed by atoms with E-state index in [-0.39, 0.29) is 11.9 Å². The number of carbonyl (C=O) groups is 1. The SMILES string of the molecule is CC(C)N1CCCC1C(=O)Nc1cncnc1-n1cccn1. The van der Waals surface area contributed by atoms with Crippen molar-refractivity contribution < 1.29 is 4.79 Å². The van der Waals surface area contributed by atoms with E-state index in [0.717, 1.165) is 19.4 Å². The Kier molecular flexibility index (Phi) is 4.15. The van der Waals surface area contributed by atoms with Crippen molar-refractivity contribution >= 4 is 11.6 Å². The van der Waals surface area contributed by atoms with Gasteiger partial charge in [-0.1, -0.05) is 0 Å². The summed E-state index contributed by atoms with van der Waals surface area (Å²) in [5.74, 6) is 0.567. The number of amides is 1. The molecule has 0 aliphatic carbocycles. The summed E-state index contributed by atoms with van der Waals surface area (Å²) in [5, 5.41) is 7.12. The Morgan fingerprint density at radius 2 is 2.32 bits per heavy atom. The van der Waals surface area contributed by atoms with Crippen molar-refractivity contribution in [2.45, 2.75) is 38.8 Å². The van der Waals surface area contributed by atoms with Crippen LogP contribution in [0, 0.1) is 0 Å². The maximum Gasteiger partial charge on any atom is 0.241 e. The van der Waals surface area contributed by atoms with E-state index in [1.54, 1.807) is 23.3 Å². The normalized spacial score (nSPS) is 18.8. The predicted molar refractivity (Wildman–Crippen MR) is 82.6 cm³/mol. The lowest BCUT2D eigenvalue weighted by atomic mass is 10.2. The van der Waals surface area contributed by atoms with Crippen molar-refractivity contribution in [3.63, 3.8) is 0 Å².